The van der Waals surface area contributed by atoms with Crippen LogP contribution >= 0.6 is 0 Å². The zero-order valence-electron chi connectivity index (χ0n) is 15.3. The Morgan fingerprint density at radius 1 is 1.12 bits per heavy atom. The van der Waals surface area contributed by atoms with E-state index in [1.54, 1.807) is 4.68 Å². The van der Waals surface area contributed by atoms with Gasteiger partial charge in [-0.2, -0.15) is 5.10 Å². The van der Waals surface area contributed by atoms with Crippen LogP contribution in [-0.2, 0) is 19.9 Å². The summed E-state index contributed by atoms with van der Waals surface area (Å²) in [6.07, 6.45) is 6.54. The molecule has 1 aromatic carbocycles. The molecule has 0 aliphatic rings. The molecule has 2 aromatic heterocycles. The van der Waals surface area contributed by atoms with Gasteiger partial charge in [0, 0.05) is 37.1 Å². The molecule has 132 valence electrons. The minimum atomic E-state index is -0.573. The van der Waals surface area contributed by atoms with Crippen LogP contribution in [0, 0.1) is 5.41 Å². The van der Waals surface area contributed by atoms with E-state index in [0.717, 1.165) is 34.6 Å². The van der Waals surface area contributed by atoms with Gasteiger partial charge in [0.15, 0.2) is 0 Å². The normalized spacial score (nSPS) is 13.2. The molecular formula is C20H26N4O. The van der Waals surface area contributed by atoms with Gasteiger partial charge in [-0.15, -0.1) is 0 Å². The van der Waals surface area contributed by atoms with E-state index < -0.39 is 6.10 Å². The van der Waals surface area contributed by atoms with Crippen molar-refractivity contribution in [1.82, 2.24) is 19.7 Å². The van der Waals surface area contributed by atoms with Crippen LogP contribution in [0.4, 0.5) is 0 Å². The van der Waals surface area contributed by atoms with Gasteiger partial charge in [0.2, 0.25) is 0 Å². The molecule has 0 radical (unpaired) electrons. The highest BCUT2D eigenvalue weighted by Crippen LogP contribution is 2.24. The Hall–Kier alpha value is -2.40. The van der Waals surface area contributed by atoms with Crippen LogP contribution < -0.4 is 0 Å². The first-order valence-corrected chi connectivity index (χ1v) is 8.60. The molecule has 2 heterocycles. The number of aryl methyl sites for hydroxylation is 1. The molecule has 1 atom stereocenters. The first kappa shape index (κ1) is 17.4. The van der Waals surface area contributed by atoms with Crippen molar-refractivity contribution in [2.24, 2.45) is 12.5 Å². The highest BCUT2D eigenvalue weighted by molar-refractivity contribution is 5.61. The molecule has 0 amide bonds. The van der Waals surface area contributed by atoms with Gasteiger partial charge >= 0.3 is 0 Å². The van der Waals surface area contributed by atoms with Crippen molar-refractivity contribution in [2.45, 2.75) is 39.7 Å². The van der Waals surface area contributed by atoms with Crippen molar-refractivity contribution in [3.63, 3.8) is 0 Å². The van der Waals surface area contributed by atoms with Gasteiger partial charge in [-0.05, 0) is 23.0 Å². The first-order valence-electron chi connectivity index (χ1n) is 8.60. The number of aromatic amines is 1. The predicted molar refractivity (Wildman–Crippen MR) is 99.1 cm³/mol. The Morgan fingerprint density at radius 3 is 2.44 bits per heavy atom. The van der Waals surface area contributed by atoms with Crippen molar-refractivity contribution >= 4 is 0 Å². The molecule has 3 rings (SSSR count). The fraction of sp³-hybridized carbons (Fsp3) is 0.400. The summed E-state index contributed by atoms with van der Waals surface area (Å²) in [6.45, 7) is 6.60. The van der Waals surface area contributed by atoms with E-state index in [9.17, 15) is 5.11 Å². The Labute approximate surface area is 148 Å². The summed E-state index contributed by atoms with van der Waals surface area (Å²) in [5.41, 5.74) is 4.38. The maximum atomic E-state index is 10.5. The number of nitrogens with one attached hydrogen (secondary N) is 1. The second-order valence-electron chi connectivity index (χ2n) is 7.84. The standard InChI is InChI=1S/C20H26N4O/c1-20(2,3)10-17-12-21-19(23-17)9-18(25)15-7-5-14(6-8-15)16-11-22-24(4)13-16/h5-8,11-13,18,25H,9-10H2,1-4H3,(H,21,23). The highest BCUT2D eigenvalue weighted by Gasteiger charge is 2.15. The molecule has 25 heavy (non-hydrogen) atoms. The number of hydrogen-bond acceptors (Lipinski definition) is 3. The summed E-state index contributed by atoms with van der Waals surface area (Å²) in [6, 6.07) is 7.96. The number of benzene rings is 1. The Morgan fingerprint density at radius 2 is 1.84 bits per heavy atom. The summed E-state index contributed by atoms with van der Waals surface area (Å²) in [7, 11) is 1.90. The zero-order chi connectivity index (χ0) is 18.0. The molecular weight excluding hydrogens is 312 g/mol. The second kappa shape index (κ2) is 6.84. The van der Waals surface area contributed by atoms with Crippen LogP contribution in [0.2, 0.25) is 0 Å². The lowest BCUT2D eigenvalue weighted by atomic mass is 9.91. The average molecular weight is 338 g/mol. The molecule has 1 unspecified atom stereocenters. The van der Waals surface area contributed by atoms with E-state index in [0.29, 0.717) is 6.42 Å². The van der Waals surface area contributed by atoms with Crippen LogP contribution in [0.15, 0.2) is 42.9 Å². The molecule has 5 nitrogen and oxygen atoms in total. The quantitative estimate of drug-likeness (QED) is 0.746. The van der Waals surface area contributed by atoms with Crippen molar-refractivity contribution in [1.29, 1.82) is 0 Å². The third-order valence-corrected chi connectivity index (χ3v) is 4.12. The molecule has 5 heteroatoms. The van der Waals surface area contributed by atoms with E-state index in [4.69, 9.17) is 0 Å². The van der Waals surface area contributed by atoms with E-state index >= 15 is 0 Å². The largest absolute Gasteiger partial charge is 0.388 e. The van der Waals surface area contributed by atoms with Crippen molar-refractivity contribution in [2.75, 3.05) is 0 Å². The Kier molecular flexibility index (Phi) is 4.77. The van der Waals surface area contributed by atoms with E-state index in [2.05, 4.69) is 35.8 Å². The van der Waals surface area contributed by atoms with Gasteiger partial charge in [-0.1, -0.05) is 45.0 Å². The van der Waals surface area contributed by atoms with Gasteiger partial charge in [-0.25, -0.2) is 4.98 Å². The van der Waals surface area contributed by atoms with Crippen molar-refractivity contribution in [3.05, 3.63) is 59.9 Å². The molecule has 0 aliphatic heterocycles. The fourth-order valence-electron chi connectivity index (χ4n) is 2.94. The lowest BCUT2D eigenvalue weighted by molar-refractivity contribution is 0.176. The molecule has 0 aliphatic carbocycles. The number of hydrogen-bond donors (Lipinski definition) is 2. The number of aliphatic hydroxyl groups excluding tert-OH is 1. The lowest BCUT2D eigenvalue weighted by Crippen LogP contribution is -2.09. The van der Waals surface area contributed by atoms with Gasteiger partial charge in [0.25, 0.3) is 0 Å². The van der Waals surface area contributed by atoms with Gasteiger partial charge < -0.3 is 10.1 Å². The Bertz CT molecular complexity index is 824. The molecule has 0 fully saturated rings. The maximum Gasteiger partial charge on any atom is 0.109 e. The monoisotopic (exact) mass is 338 g/mol. The number of aromatic nitrogens is 4. The first-order chi connectivity index (χ1) is 11.8. The average Bonchev–Trinajstić information content (AvgIpc) is 3.15. The van der Waals surface area contributed by atoms with Gasteiger partial charge in [0.05, 0.1) is 12.3 Å². The summed E-state index contributed by atoms with van der Waals surface area (Å²) in [5, 5.41) is 14.7. The van der Waals surface area contributed by atoms with Crippen LogP contribution in [0.3, 0.4) is 0 Å². The third-order valence-electron chi connectivity index (χ3n) is 4.12. The molecule has 3 aromatic rings. The summed E-state index contributed by atoms with van der Waals surface area (Å²) in [5.74, 6) is 0.822. The van der Waals surface area contributed by atoms with Crippen LogP contribution in [0.25, 0.3) is 11.1 Å². The van der Waals surface area contributed by atoms with Crippen LogP contribution in [0.1, 0.15) is 44.0 Å². The predicted octanol–water partition coefficient (Wildman–Crippen LogP) is 3.67. The highest BCUT2D eigenvalue weighted by atomic mass is 16.3. The van der Waals surface area contributed by atoms with E-state index in [1.165, 1.54) is 0 Å². The number of H-pyrrole nitrogens is 1. The molecule has 0 saturated carbocycles. The van der Waals surface area contributed by atoms with Gasteiger partial charge in [0.1, 0.15) is 5.82 Å². The lowest BCUT2D eigenvalue weighted by Gasteiger charge is -2.16. The van der Waals surface area contributed by atoms with E-state index in [1.807, 2.05) is 49.9 Å². The minimum absolute atomic E-state index is 0.213. The van der Waals surface area contributed by atoms with Crippen LogP contribution in [0.5, 0.6) is 0 Å². The Balaban J connectivity index is 1.66. The zero-order valence-corrected chi connectivity index (χ0v) is 15.3. The van der Waals surface area contributed by atoms with Gasteiger partial charge in [-0.3, -0.25) is 4.68 Å². The molecule has 0 spiro atoms. The number of nitrogens with zero attached hydrogens (tertiary/aromatic N) is 3. The summed E-state index contributed by atoms with van der Waals surface area (Å²) >= 11 is 0. The fourth-order valence-corrected chi connectivity index (χ4v) is 2.94. The third kappa shape index (κ3) is 4.57. The topological polar surface area (TPSA) is 66.7 Å². The summed E-state index contributed by atoms with van der Waals surface area (Å²) in [4.78, 5) is 7.74. The molecule has 0 saturated heterocycles. The minimum Gasteiger partial charge on any atom is -0.388 e. The maximum absolute atomic E-state index is 10.5. The smallest absolute Gasteiger partial charge is 0.109 e. The SMILES string of the molecule is Cn1cc(-c2ccc(C(O)Cc3ncc(CC(C)(C)C)[nH]3)cc2)cn1. The van der Waals surface area contributed by atoms with Crippen LogP contribution in [-0.4, -0.2) is 24.9 Å². The second-order valence-corrected chi connectivity index (χ2v) is 7.84. The van der Waals surface area contributed by atoms with Crippen molar-refractivity contribution < 1.29 is 5.11 Å². The molecule has 2 N–H and O–H groups in total. The number of rotatable bonds is 5. The number of imidazole rings is 1. The molecule has 0 bridgehead atoms. The van der Waals surface area contributed by atoms with Crippen molar-refractivity contribution in [3.8, 4) is 11.1 Å². The van der Waals surface area contributed by atoms with E-state index in [-0.39, 0.29) is 5.41 Å². The number of aliphatic hydroxyl groups is 1. The summed E-state index contributed by atoms with van der Waals surface area (Å²) < 4.78 is 1.78.